The number of hydrogen-bond donors (Lipinski definition) is 1. The lowest BCUT2D eigenvalue weighted by molar-refractivity contribution is 0.0601. The zero-order valence-electron chi connectivity index (χ0n) is 12.2. The number of aliphatic hydroxyl groups excluding tert-OH is 1. The second-order valence-corrected chi connectivity index (χ2v) is 6.15. The van der Waals surface area contributed by atoms with E-state index in [0.29, 0.717) is 5.92 Å². The van der Waals surface area contributed by atoms with E-state index in [-0.39, 0.29) is 6.10 Å². The second kappa shape index (κ2) is 7.69. The third kappa shape index (κ3) is 4.65. The van der Waals surface area contributed by atoms with Gasteiger partial charge in [-0.25, -0.2) is 0 Å². The van der Waals surface area contributed by atoms with E-state index in [0.717, 1.165) is 25.2 Å². The molecule has 0 amide bonds. The van der Waals surface area contributed by atoms with Crippen LogP contribution in [0.15, 0.2) is 30.3 Å². The summed E-state index contributed by atoms with van der Waals surface area (Å²) in [5.41, 5.74) is 1.39. The minimum atomic E-state index is -0.0712. The number of rotatable bonds is 6. The van der Waals surface area contributed by atoms with Gasteiger partial charge in [0.2, 0.25) is 0 Å². The van der Waals surface area contributed by atoms with E-state index < -0.39 is 0 Å². The van der Waals surface area contributed by atoms with Crippen LogP contribution in [0, 0.1) is 11.8 Å². The summed E-state index contributed by atoms with van der Waals surface area (Å²) in [7, 11) is 0. The normalized spacial score (nSPS) is 25.2. The largest absolute Gasteiger partial charge is 0.393 e. The minimum Gasteiger partial charge on any atom is -0.393 e. The van der Waals surface area contributed by atoms with Crippen molar-refractivity contribution in [2.24, 2.45) is 11.8 Å². The third-order valence-electron chi connectivity index (χ3n) is 4.75. The van der Waals surface area contributed by atoms with Gasteiger partial charge in [-0.2, -0.15) is 0 Å². The van der Waals surface area contributed by atoms with Gasteiger partial charge in [0.05, 0.1) is 6.10 Å². The van der Waals surface area contributed by atoms with Crippen molar-refractivity contribution in [2.75, 3.05) is 0 Å². The van der Waals surface area contributed by atoms with Gasteiger partial charge in [-0.15, -0.1) is 0 Å². The highest BCUT2D eigenvalue weighted by Gasteiger charge is 2.25. The molecule has 1 nitrogen and oxygen atoms in total. The lowest BCUT2D eigenvalue weighted by Gasteiger charge is -2.31. The summed E-state index contributed by atoms with van der Waals surface area (Å²) in [6.45, 7) is 2.29. The first-order valence-electron chi connectivity index (χ1n) is 8.01. The predicted octanol–water partition coefficient (Wildman–Crippen LogP) is 4.59. The summed E-state index contributed by atoms with van der Waals surface area (Å²) >= 11 is 0. The third-order valence-corrected chi connectivity index (χ3v) is 4.75. The predicted molar refractivity (Wildman–Crippen MR) is 81.1 cm³/mol. The molecular formula is C18H28O. The number of hydrogen-bond acceptors (Lipinski definition) is 1. The molecule has 1 aliphatic carbocycles. The average molecular weight is 260 g/mol. The van der Waals surface area contributed by atoms with Crippen LogP contribution in [0.5, 0.6) is 0 Å². The molecule has 1 aliphatic rings. The number of aryl methyl sites for hydroxylation is 1. The fourth-order valence-corrected chi connectivity index (χ4v) is 3.45. The van der Waals surface area contributed by atoms with E-state index in [1.165, 1.54) is 37.7 Å². The van der Waals surface area contributed by atoms with Crippen LogP contribution in [0.1, 0.15) is 57.4 Å². The molecule has 0 radical (unpaired) electrons. The van der Waals surface area contributed by atoms with Crippen LogP contribution in [-0.4, -0.2) is 11.2 Å². The van der Waals surface area contributed by atoms with Gasteiger partial charge in [0.1, 0.15) is 0 Å². The van der Waals surface area contributed by atoms with Crippen LogP contribution in [0.4, 0.5) is 0 Å². The molecule has 0 aromatic heterocycles. The monoisotopic (exact) mass is 260 g/mol. The molecule has 19 heavy (non-hydrogen) atoms. The highest BCUT2D eigenvalue weighted by Crippen LogP contribution is 2.34. The van der Waals surface area contributed by atoms with Crippen LogP contribution < -0.4 is 0 Å². The Morgan fingerprint density at radius 1 is 1.21 bits per heavy atom. The van der Waals surface area contributed by atoms with E-state index >= 15 is 0 Å². The first kappa shape index (κ1) is 14.6. The summed E-state index contributed by atoms with van der Waals surface area (Å²) in [5, 5.41) is 10.4. The van der Waals surface area contributed by atoms with Crippen LogP contribution in [0.25, 0.3) is 0 Å². The Morgan fingerprint density at radius 3 is 2.74 bits per heavy atom. The van der Waals surface area contributed by atoms with E-state index in [9.17, 15) is 5.11 Å². The Labute approximate surface area is 118 Å². The molecule has 0 saturated heterocycles. The quantitative estimate of drug-likeness (QED) is 0.793. The Kier molecular flexibility index (Phi) is 5.91. The molecule has 0 bridgehead atoms. The molecule has 1 heteroatoms. The Morgan fingerprint density at radius 2 is 2.00 bits per heavy atom. The molecular weight excluding hydrogens is 232 g/mol. The SMILES string of the molecule is CCC1CCCC(C(O)CCCc2ccccc2)C1. The average Bonchev–Trinajstić information content (AvgIpc) is 2.48. The van der Waals surface area contributed by atoms with Gasteiger partial charge < -0.3 is 5.11 Å². The van der Waals surface area contributed by atoms with E-state index in [2.05, 4.69) is 37.3 Å². The maximum absolute atomic E-state index is 10.4. The van der Waals surface area contributed by atoms with Crippen molar-refractivity contribution in [2.45, 2.75) is 64.4 Å². The Bertz CT molecular complexity index is 346. The molecule has 2 rings (SSSR count). The molecule has 3 atom stereocenters. The van der Waals surface area contributed by atoms with E-state index in [1.54, 1.807) is 0 Å². The lowest BCUT2D eigenvalue weighted by atomic mass is 9.77. The van der Waals surface area contributed by atoms with Crippen molar-refractivity contribution in [3.63, 3.8) is 0 Å². The Balaban J connectivity index is 1.70. The van der Waals surface area contributed by atoms with Crippen LogP contribution >= 0.6 is 0 Å². The van der Waals surface area contributed by atoms with Gasteiger partial charge >= 0.3 is 0 Å². The fraction of sp³-hybridized carbons (Fsp3) is 0.667. The molecule has 1 aromatic carbocycles. The van der Waals surface area contributed by atoms with Crippen LogP contribution in [0.2, 0.25) is 0 Å². The summed E-state index contributed by atoms with van der Waals surface area (Å²) in [6, 6.07) is 10.6. The minimum absolute atomic E-state index is 0.0712. The van der Waals surface area contributed by atoms with Crippen molar-refractivity contribution in [3.05, 3.63) is 35.9 Å². The summed E-state index contributed by atoms with van der Waals surface area (Å²) in [5.74, 6) is 1.43. The van der Waals surface area contributed by atoms with Gasteiger partial charge in [0.15, 0.2) is 0 Å². The molecule has 0 aliphatic heterocycles. The van der Waals surface area contributed by atoms with E-state index in [1.807, 2.05) is 0 Å². The number of benzene rings is 1. The molecule has 1 saturated carbocycles. The Hall–Kier alpha value is -0.820. The van der Waals surface area contributed by atoms with Crippen molar-refractivity contribution in [3.8, 4) is 0 Å². The maximum Gasteiger partial charge on any atom is 0.0568 e. The van der Waals surface area contributed by atoms with Crippen molar-refractivity contribution >= 4 is 0 Å². The van der Waals surface area contributed by atoms with Gasteiger partial charge in [0, 0.05) is 0 Å². The van der Waals surface area contributed by atoms with Crippen LogP contribution in [-0.2, 0) is 6.42 Å². The highest BCUT2D eigenvalue weighted by molar-refractivity contribution is 5.14. The zero-order valence-corrected chi connectivity index (χ0v) is 12.2. The summed E-state index contributed by atoms with van der Waals surface area (Å²) in [4.78, 5) is 0. The van der Waals surface area contributed by atoms with Gasteiger partial charge in [-0.05, 0) is 49.5 Å². The molecule has 1 fully saturated rings. The molecule has 1 aromatic rings. The van der Waals surface area contributed by atoms with Gasteiger partial charge in [-0.3, -0.25) is 0 Å². The topological polar surface area (TPSA) is 20.2 Å². The van der Waals surface area contributed by atoms with E-state index in [4.69, 9.17) is 0 Å². The standard InChI is InChI=1S/C18H28O/c1-2-15-10-6-12-17(14-15)18(19)13-7-11-16-8-4-3-5-9-16/h3-5,8-9,15,17-19H,2,6-7,10-14H2,1H3. The van der Waals surface area contributed by atoms with Crippen molar-refractivity contribution in [1.82, 2.24) is 0 Å². The smallest absolute Gasteiger partial charge is 0.0568 e. The van der Waals surface area contributed by atoms with Crippen LogP contribution in [0.3, 0.4) is 0 Å². The molecule has 0 heterocycles. The fourth-order valence-electron chi connectivity index (χ4n) is 3.45. The lowest BCUT2D eigenvalue weighted by Crippen LogP contribution is -2.26. The molecule has 3 unspecified atom stereocenters. The first-order chi connectivity index (χ1) is 9.29. The second-order valence-electron chi connectivity index (χ2n) is 6.15. The number of aliphatic hydroxyl groups is 1. The van der Waals surface area contributed by atoms with Crippen molar-refractivity contribution in [1.29, 1.82) is 0 Å². The first-order valence-corrected chi connectivity index (χ1v) is 8.01. The summed E-state index contributed by atoms with van der Waals surface area (Å²) < 4.78 is 0. The molecule has 106 valence electrons. The van der Waals surface area contributed by atoms with Gasteiger partial charge in [0.25, 0.3) is 0 Å². The maximum atomic E-state index is 10.4. The molecule has 1 N–H and O–H groups in total. The summed E-state index contributed by atoms with van der Waals surface area (Å²) in [6.07, 6.45) is 9.58. The molecule has 0 spiro atoms. The van der Waals surface area contributed by atoms with Gasteiger partial charge in [-0.1, -0.05) is 56.5 Å². The van der Waals surface area contributed by atoms with Crippen molar-refractivity contribution < 1.29 is 5.11 Å². The zero-order chi connectivity index (χ0) is 13.5. The highest BCUT2D eigenvalue weighted by atomic mass is 16.3.